The first kappa shape index (κ1) is 12.4. The molecular weight excluding hydrogens is 256 g/mol. The molecule has 0 unspecified atom stereocenters. The highest BCUT2D eigenvalue weighted by Crippen LogP contribution is 2.39. The van der Waals surface area contributed by atoms with Crippen LogP contribution in [-0.4, -0.2) is 21.1 Å². The van der Waals surface area contributed by atoms with Crippen molar-refractivity contribution in [3.8, 4) is 0 Å². The lowest BCUT2D eigenvalue weighted by atomic mass is 9.85. The molecule has 0 atom stereocenters. The molecule has 5 nitrogen and oxygen atoms in total. The zero-order valence-corrected chi connectivity index (χ0v) is 11.2. The van der Waals surface area contributed by atoms with E-state index < -0.39 is 5.41 Å². The average molecular weight is 270 g/mol. The van der Waals surface area contributed by atoms with Crippen molar-refractivity contribution in [1.29, 1.82) is 0 Å². The van der Waals surface area contributed by atoms with E-state index >= 15 is 0 Å². The Hall–Kier alpha value is -1.08. The van der Waals surface area contributed by atoms with Gasteiger partial charge < -0.3 is 5.73 Å². The van der Waals surface area contributed by atoms with E-state index in [1.807, 2.05) is 6.92 Å². The highest BCUT2D eigenvalue weighted by molar-refractivity contribution is 7.80. The van der Waals surface area contributed by atoms with Crippen molar-refractivity contribution in [2.75, 3.05) is 5.32 Å². The van der Waals surface area contributed by atoms with Crippen LogP contribution in [0.3, 0.4) is 0 Å². The first-order valence-corrected chi connectivity index (χ1v) is 6.68. The van der Waals surface area contributed by atoms with Crippen LogP contribution in [0.1, 0.15) is 30.7 Å². The molecule has 1 aliphatic carbocycles. The third kappa shape index (κ3) is 2.30. The van der Waals surface area contributed by atoms with E-state index in [0.717, 1.165) is 30.7 Å². The van der Waals surface area contributed by atoms with Gasteiger partial charge in [0.15, 0.2) is 0 Å². The fourth-order valence-corrected chi connectivity index (χ4v) is 3.01. The summed E-state index contributed by atoms with van der Waals surface area (Å²) in [5.41, 5.74) is 5.04. The normalized spacial score (nSPS) is 17.9. The second-order valence-corrected chi connectivity index (χ2v) is 5.86. The van der Waals surface area contributed by atoms with Gasteiger partial charge in [-0.05, 0) is 19.8 Å². The second-order valence-electron chi connectivity index (χ2n) is 4.23. The summed E-state index contributed by atoms with van der Waals surface area (Å²) in [6, 6.07) is 0. The molecule has 17 heavy (non-hydrogen) atoms. The fourth-order valence-electron chi connectivity index (χ4n) is 2.13. The number of amides is 1. The highest BCUT2D eigenvalue weighted by Gasteiger charge is 2.44. The minimum Gasteiger partial charge on any atom is -0.392 e. The number of carbonyl (C=O) groups is 1. The molecule has 3 N–H and O–H groups in total. The van der Waals surface area contributed by atoms with Crippen molar-refractivity contribution >= 4 is 39.6 Å². The molecule has 1 fully saturated rings. The third-order valence-electron chi connectivity index (χ3n) is 3.11. The zero-order chi connectivity index (χ0) is 12.5. The SMILES string of the molecule is Cc1nnc(NC(=O)C2(C(N)=S)CCCC2)s1. The Morgan fingerprint density at radius 2 is 2.12 bits per heavy atom. The summed E-state index contributed by atoms with van der Waals surface area (Å²) < 4.78 is 0. The van der Waals surface area contributed by atoms with E-state index in [1.54, 1.807) is 0 Å². The number of anilines is 1. The summed E-state index contributed by atoms with van der Waals surface area (Å²) in [6.07, 6.45) is 3.43. The average Bonchev–Trinajstić information content (AvgIpc) is 2.87. The van der Waals surface area contributed by atoms with Crippen molar-refractivity contribution in [2.24, 2.45) is 11.1 Å². The summed E-state index contributed by atoms with van der Waals surface area (Å²) in [7, 11) is 0. The fraction of sp³-hybridized carbons (Fsp3) is 0.600. The molecule has 1 aromatic heterocycles. The van der Waals surface area contributed by atoms with Crippen LogP contribution in [0.15, 0.2) is 0 Å². The maximum absolute atomic E-state index is 12.2. The van der Waals surface area contributed by atoms with E-state index in [2.05, 4.69) is 15.5 Å². The van der Waals surface area contributed by atoms with Gasteiger partial charge in [0, 0.05) is 0 Å². The molecule has 0 spiro atoms. The van der Waals surface area contributed by atoms with Crippen LogP contribution >= 0.6 is 23.6 Å². The number of hydrogen-bond acceptors (Lipinski definition) is 5. The van der Waals surface area contributed by atoms with Gasteiger partial charge in [0.05, 0.1) is 10.4 Å². The van der Waals surface area contributed by atoms with E-state index in [9.17, 15) is 4.79 Å². The number of carbonyl (C=O) groups excluding carboxylic acids is 1. The van der Waals surface area contributed by atoms with Gasteiger partial charge in [0.1, 0.15) is 5.01 Å². The molecule has 0 bridgehead atoms. The number of aromatic nitrogens is 2. The standard InChI is InChI=1S/C10H14N4OS2/c1-6-13-14-9(17-6)12-8(15)10(7(11)16)4-2-3-5-10/h2-5H2,1H3,(H2,11,16)(H,12,14,15). The maximum Gasteiger partial charge on any atom is 0.239 e. The molecule has 2 rings (SSSR count). The number of nitrogens with zero attached hydrogens (tertiary/aromatic N) is 2. The van der Waals surface area contributed by atoms with Crippen LogP contribution in [0.2, 0.25) is 0 Å². The molecular formula is C10H14N4OS2. The van der Waals surface area contributed by atoms with Gasteiger partial charge in [-0.1, -0.05) is 36.4 Å². The minimum absolute atomic E-state index is 0.140. The summed E-state index contributed by atoms with van der Waals surface area (Å²) in [4.78, 5) is 12.5. The quantitative estimate of drug-likeness (QED) is 0.816. The summed E-state index contributed by atoms with van der Waals surface area (Å²) >= 11 is 6.40. The number of rotatable bonds is 3. The molecule has 1 saturated carbocycles. The predicted molar refractivity (Wildman–Crippen MR) is 71.0 cm³/mol. The topological polar surface area (TPSA) is 80.9 Å². The van der Waals surface area contributed by atoms with Crippen molar-refractivity contribution in [3.63, 3.8) is 0 Å². The lowest BCUT2D eigenvalue weighted by molar-refractivity contribution is -0.122. The molecule has 92 valence electrons. The number of nitrogens with one attached hydrogen (secondary N) is 1. The number of aryl methyl sites for hydroxylation is 1. The van der Waals surface area contributed by atoms with Crippen molar-refractivity contribution in [2.45, 2.75) is 32.6 Å². The van der Waals surface area contributed by atoms with Gasteiger partial charge in [-0.15, -0.1) is 10.2 Å². The van der Waals surface area contributed by atoms with E-state index in [1.165, 1.54) is 11.3 Å². The van der Waals surface area contributed by atoms with E-state index in [4.69, 9.17) is 18.0 Å². The van der Waals surface area contributed by atoms with Crippen molar-refractivity contribution < 1.29 is 4.79 Å². The maximum atomic E-state index is 12.2. The molecule has 0 saturated heterocycles. The van der Waals surface area contributed by atoms with Gasteiger partial charge in [0.25, 0.3) is 0 Å². The summed E-state index contributed by atoms with van der Waals surface area (Å²) in [5, 5.41) is 11.8. The molecule has 7 heteroatoms. The molecule has 1 aromatic rings. The second kappa shape index (κ2) is 4.66. The Morgan fingerprint density at radius 3 is 2.59 bits per heavy atom. The van der Waals surface area contributed by atoms with E-state index in [-0.39, 0.29) is 10.9 Å². The number of nitrogens with two attached hydrogens (primary N) is 1. The molecule has 1 heterocycles. The Morgan fingerprint density at radius 1 is 1.47 bits per heavy atom. The Labute approximate surface area is 109 Å². The van der Waals surface area contributed by atoms with Gasteiger partial charge in [0.2, 0.25) is 11.0 Å². The zero-order valence-electron chi connectivity index (χ0n) is 9.52. The molecule has 0 aromatic carbocycles. The lowest BCUT2D eigenvalue weighted by Crippen LogP contribution is -2.43. The molecule has 0 radical (unpaired) electrons. The first-order valence-electron chi connectivity index (χ1n) is 5.46. The third-order valence-corrected chi connectivity index (χ3v) is 4.25. The minimum atomic E-state index is -0.686. The first-order chi connectivity index (χ1) is 8.04. The van der Waals surface area contributed by atoms with Crippen LogP contribution in [0.25, 0.3) is 0 Å². The highest BCUT2D eigenvalue weighted by atomic mass is 32.1. The Kier molecular flexibility index (Phi) is 3.39. The van der Waals surface area contributed by atoms with Crippen molar-refractivity contribution in [3.05, 3.63) is 5.01 Å². The largest absolute Gasteiger partial charge is 0.392 e. The van der Waals surface area contributed by atoms with Crippen LogP contribution in [-0.2, 0) is 4.79 Å². The predicted octanol–water partition coefficient (Wildman–Crippen LogP) is 1.63. The number of hydrogen-bond donors (Lipinski definition) is 2. The molecule has 1 aliphatic rings. The van der Waals surface area contributed by atoms with Crippen molar-refractivity contribution in [1.82, 2.24) is 10.2 Å². The van der Waals surface area contributed by atoms with Gasteiger partial charge in [-0.25, -0.2) is 0 Å². The lowest BCUT2D eigenvalue weighted by Gasteiger charge is -2.25. The molecule has 1 amide bonds. The van der Waals surface area contributed by atoms with Gasteiger partial charge >= 0.3 is 0 Å². The number of thiocarbonyl (C=S) groups is 1. The summed E-state index contributed by atoms with van der Waals surface area (Å²) in [6.45, 7) is 1.84. The van der Waals surface area contributed by atoms with Gasteiger partial charge in [-0.3, -0.25) is 10.1 Å². The van der Waals surface area contributed by atoms with Gasteiger partial charge in [-0.2, -0.15) is 0 Å². The van der Waals surface area contributed by atoms with Crippen LogP contribution in [0, 0.1) is 12.3 Å². The smallest absolute Gasteiger partial charge is 0.239 e. The molecule has 0 aliphatic heterocycles. The van der Waals surface area contributed by atoms with E-state index in [0.29, 0.717) is 5.13 Å². The summed E-state index contributed by atoms with van der Waals surface area (Å²) in [5.74, 6) is -0.140. The van der Waals surface area contributed by atoms with Crippen LogP contribution in [0.4, 0.5) is 5.13 Å². The van der Waals surface area contributed by atoms with Crippen LogP contribution < -0.4 is 11.1 Å². The Balaban J connectivity index is 2.15. The monoisotopic (exact) mass is 270 g/mol. The van der Waals surface area contributed by atoms with Crippen LogP contribution in [0.5, 0.6) is 0 Å². The Bertz CT molecular complexity index is 451.